The third-order valence-electron chi connectivity index (χ3n) is 2.63. The molecule has 0 fully saturated rings. The molecule has 1 nitrogen and oxygen atoms in total. The molecule has 2 heteroatoms. The Labute approximate surface area is 78.3 Å². The average Bonchev–Trinajstić information content (AvgIpc) is 2.05. The minimum Gasteiger partial charge on any atom is -0.272 e. The topological polar surface area (TPSA) is 12.4 Å². The molecule has 0 aromatic rings. The fourth-order valence-electron chi connectivity index (χ4n) is 1.99. The van der Waals surface area contributed by atoms with Gasteiger partial charge in [0.05, 0.1) is 10.6 Å². The van der Waals surface area contributed by atoms with E-state index in [1.54, 1.807) is 0 Å². The van der Waals surface area contributed by atoms with Gasteiger partial charge in [0.1, 0.15) is 0 Å². The molecule has 0 saturated carbocycles. The van der Waals surface area contributed by atoms with Gasteiger partial charge in [-0.3, -0.25) is 4.99 Å². The van der Waals surface area contributed by atoms with Crippen molar-refractivity contribution in [1.82, 2.24) is 0 Å². The lowest BCUT2D eigenvalue weighted by Gasteiger charge is -2.32. The predicted octanol–water partition coefficient (Wildman–Crippen LogP) is 3.02. The number of thioether (sulfide) groups is 1. The summed E-state index contributed by atoms with van der Waals surface area (Å²) in [6, 6.07) is 0. The van der Waals surface area contributed by atoms with Crippen LogP contribution in [0.25, 0.3) is 0 Å². The van der Waals surface area contributed by atoms with Crippen LogP contribution in [0.1, 0.15) is 32.6 Å². The number of hydrogen-bond donors (Lipinski definition) is 0. The monoisotopic (exact) mass is 181 g/mol. The molecule has 0 aromatic carbocycles. The Morgan fingerprint density at radius 3 is 3.08 bits per heavy atom. The number of rotatable bonds is 0. The summed E-state index contributed by atoms with van der Waals surface area (Å²) in [5, 5.41) is 1.27. The summed E-state index contributed by atoms with van der Waals surface area (Å²) in [7, 11) is 0. The maximum atomic E-state index is 4.77. The van der Waals surface area contributed by atoms with Crippen molar-refractivity contribution in [3.8, 4) is 0 Å². The minimum absolute atomic E-state index is 0.216. The predicted molar refractivity (Wildman–Crippen MR) is 55.9 cm³/mol. The van der Waals surface area contributed by atoms with Crippen LogP contribution in [-0.4, -0.2) is 16.3 Å². The van der Waals surface area contributed by atoms with Crippen molar-refractivity contribution in [2.45, 2.75) is 38.1 Å². The van der Waals surface area contributed by atoms with E-state index >= 15 is 0 Å². The first-order valence-electron chi connectivity index (χ1n) is 4.68. The van der Waals surface area contributed by atoms with E-state index in [-0.39, 0.29) is 5.54 Å². The molecule has 0 saturated heterocycles. The second-order valence-electron chi connectivity index (χ2n) is 3.63. The lowest BCUT2D eigenvalue weighted by Crippen LogP contribution is -2.30. The van der Waals surface area contributed by atoms with Crippen molar-refractivity contribution in [3.63, 3.8) is 0 Å². The molecule has 66 valence electrons. The Bertz CT molecular complexity index is 228. The molecular weight excluding hydrogens is 166 g/mol. The normalized spacial score (nSPS) is 35.2. The molecule has 1 atom stereocenters. The molecule has 1 unspecified atom stereocenters. The maximum Gasteiger partial charge on any atom is 0.0805 e. The van der Waals surface area contributed by atoms with Gasteiger partial charge in [0, 0.05) is 5.75 Å². The highest BCUT2D eigenvalue weighted by Gasteiger charge is 2.29. The SMILES string of the molecule is CC1=NC2(C=CCCC2)CCS1. The summed E-state index contributed by atoms with van der Waals surface area (Å²) in [4.78, 5) is 4.77. The zero-order valence-electron chi connectivity index (χ0n) is 7.55. The second kappa shape index (κ2) is 3.25. The first kappa shape index (κ1) is 8.36. The van der Waals surface area contributed by atoms with Gasteiger partial charge in [0.15, 0.2) is 0 Å². The van der Waals surface area contributed by atoms with Crippen LogP contribution in [0.5, 0.6) is 0 Å². The van der Waals surface area contributed by atoms with Crippen molar-refractivity contribution < 1.29 is 0 Å². The van der Waals surface area contributed by atoms with Crippen molar-refractivity contribution in [3.05, 3.63) is 12.2 Å². The van der Waals surface area contributed by atoms with E-state index < -0.39 is 0 Å². The fraction of sp³-hybridized carbons (Fsp3) is 0.700. The molecule has 12 heavy (non-hydrogen) atoms. The van der Waals surface area contributed by atoms with Crippen LogP contribution in [0.15, 0.2) is 17.1 Å². The van der Waals surface area contributed by atoms with Gasteiger partial charge in [-0.25, -0.2) is 0 Å². The lowest BCUT2D eigenvalue weighted by molar-refractivity contribution is 0.444. The maximum absolute atomic E-state index is 4.77. The van der Waals surface area contributed by atoms with E-state index in [1.807, 2.05) is 11.8 Å². The summed E-state index contributed by atoms with van der Waals surface area (Å²) in [6.45, 7) is 2.13. The Hall–Kier alpha value is -0.240. The molecule has 2 aliphatic rings. The molecule has 1 spiro atoms. The van der Waals surface area contributed by atoms with Gasteiger partial charge in [-0.15, -0.1) is 11.8 Å². The van der Waals surface area contributed by atoms with E-state index in [1.165, 1.54) is 36.5 Å². The smallest absolute Gasteiger partial charge is 0.0805 e. The summed E-state index contributed by atoms with van der Waals surface area (Å²) >= 11 is 1.90. The lowest BCUT2D eigenvalue weighted by atomic mass is 9.86. The van der Waals surface area contributed by atoms with Gasteiger partial charge < -0.3 is 0 Å². The van der Waals surface area contributed by atoms with Crippen LogP contribution >= 0.6 is 11.8 Å². The Morgan fingerprint density at radius 2 is 2.42 bits per heavy atom. The zero-order chi connectivity index (χ0) is 8.44. The number of aliphatic imine (C=N–C) groups is 1. The van der Waals surface area contributed by atoms with Gasteiger partial charge in [-0.1, -0.05) is 12.2 Å². The Kier molecular flexibility index (Phi) is 2.26. The highest BCUT2D eigenvalue weighted by Crippen LogP contribution is 2.35. The van der Waals surface area contributed by atoms with Gasteiger partial charge in [0.25, 0.3) is 0 Å². The van der Waals surface area contributed by atoms with Gasteiger partial charge >= 0.3 is 0 Å². The molecule has 0 bridgehead atoms. The zero-order valence-corrected chi connectivity index (χ0v) is 8.36. The van der Waals surface area contributed by atoms with Gasteiger partial charge in [0.2, 0.25) is 0 Å². The second-order valence-corrected chi connectivity index (χ2v) is 4.92. The first-order chi connectivity index (χ1) is 5.81. The van der Waals surface area contributed by atoms with Crippen molar-refractivity contribution >= 4 is 16.8 Å². The van der Waals surface area contributed by atoms with Gasteiger partial charge in [-0.2, -0.15) is 0 Å². The molecule has 0 aromatic heterocycles. The van der Waals surface area contributed by atoms with Crippen LogP contribution in [-0.2, 0) is 0 Å². The van der Waals surface area contributed by atoms with Crippen molar-refractivity contribution in [2.75, 3.05) is 5.75 Å². The average molecular weight is 181 g/mol. The molecule has 1 aliphatic carbocycles. The van der Waals surface area contributed by atoms with E-state index in [2.05, 4.69) is 19.1 Å². The highest BCUT2D eigenvalue weighted by molar-refractivity contribution is 8.13. The molecular formula is C10H15NS. The summed E-state index contributed by atoms with van der Waals surface area (Å²) in [5.41, 5.74) is 0.216. The summed E-state index contributed by atoms with van der Waals surface area (Å²) < 4.78 is 0. The molecule has 0 radical (unpaired) electrons. The molecule has 1 aliphatic heterocycles. The fourth-order valence-corrected chi connectivity index (χ4v) is 2.99. The highest BCUT2D eigenvalue weighted by atomic mass is 32.2. The van der Waals surface area contributed by atoms with E-state index in [9.17, 15) is 0 Å². The molecule has 0 N–H and O–H groups in total. The van der Waals surface area contributed by atoms with Crippen LogP contribution < -0.4 is 0 Å². The standard InChI is InChI=1S/C10H15NS/c1-9-11-10(7-8-12-9)5-3-2-4-6-10/h3,5H,2,4,6-8H2,1H3. The third kappa shape index (κ3) is 1.58. The van der Waals surface area contributed by atoms with Crippen LogP contribution in [0.3, 0.4) is 0 Å². The number of allylic oxidation sites excluding steroid dienone is 1. The summed E-state index contributed by atoms with van der Waals surface area (Å²) in [6.07, 6.45) is 9.71. The first-order valence-corrected chi connectivity index (χ1v) is 5.66. The Balaban J connectivity index is 2.23. The Morgan fingerprint density at radius 1 is 1.50 bits per heavy atom. The van der Waals surface area contributed by atoms with Crippen molar-refractivity contribution in [2.24, 2.45) is 4.99 Å². The quantitative estimate of drug-likeness (QED) is 0.523. The van der Waals surface area contributed by atoms with E-state index in [0.717, 1.165) is 0 Å². The molecule has 1 heterocycles. The molecule has 0 amide bonds. The minimum atomic E-state index is 0.216. The van der Waals surface area contributed by atoms with E-state index in [0.29, 0.717) is 0 Å². The largest absolute Gasteiger partial charge is 0.272 e. The number of nitrogens with zero attached hydrogens (tertiary/aromatic N) is 1. The van der Waals surface area contributed by atoms with E-state index in [4.69, 9.17) is 4.99 Å². The van der Waals surface area contributed by atoms with Crippen LogP contribution in [0.4, 0.5) is 0 Å². The van der Waals surface area contributed by atoms with Crippen molar-refractivity contribution in [1.29, 1.82) is 0 Å². The third-order valence-corrected chi connectivity index (χ3v) is 3.55. The van der Waals surface area contributed by atoms with Crippen LogP contribution in [0.2, 0.25) is 0 Å². The summed E-state index contributed by atoms with van der Waals surface area (Å²) in [5.74, 6) is 1.25. The number of hydrogen-bond acceptors (Lipinski definition) is 2. The molecule has 2 rings (SSSR count). The van der Waals surface area contributed by atoms with Gasteiger partial charge in [-0.05, 0) is 32.6 Å². The van der Waals surface area contributed by atoms with Crippen LogP contribution in [0, 0.1) is 0 Å².